The van der Waals surface area contributed by atoms with Crippen molar-refractivity contribution in [2.45, 2.75) is 56.3 Å². The first kappa shape index (κ1) is 26.6. The van der Waals surface area contributed by atoms with Gasteiger partial charge in [-0.3, -0.25) is 0 Å². The van der Waals surface area contributed by atoms with Gasteiger partial charge in [-0.15, -0.1) is 0 Å². The molecule has 0 N–H and O–H groups in total. The number of halogens is 2. The maximum atomic E-state index is 2.59. The molecule has 0 aromatic heterocycles. The van der Waals surface area contributed by atoms with Crippen LogP contribution in [0.25, 0.3) is 28.0 Å². The van der Waals surface area contributed by atoms with Crippen LogP contribution in [0.1, 0.15) is 59.8 Å². The van der Waals surface area contributed by atoms with Crippen molar-refractivity contribution in [3.05, 3.63) is 76.9 Å². The molecular weight excluding hydrogens is 515 g/mol. The van der Waals surface area contributed by atoms with Crippen molar-refractivity contribution in [1.29, 1.82) is 0 Å². The van der Waals surface area contributed by atoms with Gasteiger partial charge in [0.25, 0.3) is 0 Å². The van der Waals surface area contributed by atoms with E-state index in [2.05, 4.69) is 94.5 Å². The Morgan fingerprint density at radius 1 is 0.935 bits per heavy atom. The first-order valence-corrected chi connectivity index (χ1v) is 18.5. The molecule has 0 nitrogen and oxygen atoms in total. The fourth-order valence-electron chi connectivity index (χ4n) is 4.46. The van der Waals surface area contributed by atoms with Gasteiger partial charge in [0, 0.05) is 0 Å². The van der Waals surface area contributed by atoms with Crippen LogP contribution < -0.4 is 24.8 Å². The molecule has 1 aliphatic carbocycles. The van der Waals surface area contributed by atoms with E-state index in [0.717, 1.165) is 3.63 Å². The maximum absolute atomic E-state index is 2.59. The van der Waals surface area contributed by atoms with Crippen LogP contribution in [0.4, 0.5) is 0 Å². The van der Waals surface area contributed by atoms with Crippen LogP contribution in [0.3, 0.4) is 0 Å². The zero-order valence-electron chi connectivity index (χ0n) is 19.1. The molecule has 0 saturated heterocycles. The number of hydrogen-bond acceptors (Lipinski definition) is 0. The normalized spacial score (nSPS) is 14.7. The van der Waals surface area contributed by atoms with Crippen LogP contribution in [0.2, 0.25) is 13.1 Å². The molecule has 0 amide bonds. The van der Waals surface area contributed by atoms with Gasteiger partial charge >= 0.3 is 189 Å². The Bertz CT molecular complexity index is 1070. The summed E-state index contributed by atoms with van der Waals surface area (Å²) in [5, 5.41) is 2.66. The third-order valence-corrected chi connectivity index (χ3v) is 14.9. The van der Waals surface area contributed by atoms with E-state index in [-0.39, 0.29) is 30.7 Å². The van der Waals surface area contributed by atoms with Gasteiger partial charge in [0.1, 0.15) is 0 Å². The summed E-state index contributed by atoms with van der Waals surface area (Å²) in [6.07, 6.45) is 5.11. The molecular formula is C27H31Cl2SiZr. The fraction of sp³-hybridized carbons (Fsp3) is 0.333. The first-order chi connectivity index (χ1) is 14.0. The van der Waals surface area contributed by atoms with Crippen molar-refractivity contribution in [3.63, 3.8) is 0 Å². The van der Waals surface area contributed by atoms with E-state index in [9.17, 15) is 0 Å². The van der Waals surface area contributed by atoms with Crippen molar-refractivity contribution in [1.82, 2.24) is 0 Å². The number of allylic oxidation sites excluding steroid dienone is 1. The van der Waals surface area contributed by atoms with Crippen molar-refractivity contribution >= 4 is 22.8 Å². The molecule has 0 aliphatic heterocycles. The van der Waals surface area contributed by atoms with Crippen LogP contribution in [0, 0.1) is 0 Å². The Morgan fingerprint density at radius 2 is 1.65 bits per heavy atom. The molecule has 0 bridgehead atoms. The average molecular weight is 546 g/mol. The molecule has 1 atom stereocenters. The van der Waals surface area contributed by atoms with Crippen LogP contribution >= 0.6 is 0 Å². The van der Waals surface area contributed by atoms with Crippen LogP contribution in [0.5, 0.6) is 0 Å². The molecule has 161 valence electrons. The van der Waals surface area contributed by atoms with Gasteiger partial charge in [-0.05, 0) is 0 Å². The van der Waals surface area contributed by atoms with E-state index < -0.39 is 22.4 Å². The summed E-state index contributed by atoms with van der Waals surface area (Å²) in [7, 11) is 0. The maximum Gasteiger partial charge on any atom is -1.00 e. The Kier molecular flexibility index (Phi) is 9.83. The van der Waals surface area contributed by atoms with Crippen molar-refractivity contribution < 1.29 is 47.2 Å². The van der Waals surface area contributed by atoms with Crippen molar-refractivity contribution in [3.8, 4) is 11.1 Å². The second-order valence-electron chi connectivity index (χ2n) is 8.83. The number of benzene rings is 3. The summed E-state index contributed by atoms with van der Waals surface area (Å²) in [4.78, 5) is 0. The van der Waals surface area contributed by atoms with Gasteiger partial charge in [0.2, 0.25) is 0 Å². The smallest absolute Gasteiger partial charge is 1.00 e. The molecule has 0 saturated carbocycles. The molecule has 1 aliphatic rings. The Balaban J connectivity index is 0.00000171. The first-order valence-electron chi connectivity index (χ1n) is 10.9. The molecule has 0 spiro atoms. The van der Waals surface area contributed by atoms with E-state index in [4.69, 9.17) is 0 Å². The van der Waals surface area contributed by atoms with Gasteiger partial charge in [0.15, 0.2) is 0 Å². The summed E-state index contributed by atoms with van der Waals surface area (Å²) in [6.45, 7) is 12.1. The minimum Gasteiger partial charge on any atom is -1.00 e. The fourth-order valence-corrected chi connectivity index (χ4v) is 13.3. The number of rotatable bonds is 6. The number of fused-ring (bicyclic) bond motifs is 2. The van der Waals surface area contributed by atoms with E-state index in [1.165, 1.54) is 45.9 Å². The number of hydrogen-bond donors (Lipinski definition) is 0. The van der Waals surface area contributed by atoms with Gasteiger partial charge in [-0.2, -0.15) is 0 Å². The molecule has 1 radical (unpaired) electrons. The second-order valence-corrected chi connectivity index (χ2v) is 22.0. The van der Waals surface area contributed by atoms with Crippen LogP contribution in [0.15, 0.2) is 60.2 Å². The molecule has 1 unspecified atom stereocenters. The van der Waals surface area contributed by atoms with E-state index in [1.54, 1.807) is 11.1 Å². The van der Waals surface area contributed by atoms with E-state index in [0.29, 0.717) is 5.92 Å². The average Bonchev–Trinajstić information content (AvgIpc) is 3.04. The van der Waals surface area contributed by atoms with Gasteiger partial charge in [-0.25, -0.2) is 0 Å². The molecule has 31 heavy (non-hydrogen) atoms. The Hall–Kier alpha value is -0.660. The Morgan fingerprint density at radius 3 is 2.29 bits per heavy atom. The predicted molar refractivity (Wildman–Crippen MR) is 127 cm³/mol. The molecule has 3 aromatic carbocycles. The SMILES string of the molecule is CCCC1=Cc2c(-c3ccc4ccccc4c3)cc(C(C)C)cc2[CH]1[Zr+2][Si](C)C.[Cl-].[Cl-]. The monoisotopic (exact) mass is 543 g/mol. The summed E-state index contributed by atoms with van der Waals surface area (Å²) in [5.41, 5.74) is 9.27. The largest absolute Gasteiger partial charge is 1.00 e. The van der Waals surface area contributed by atoms with Gasteiger partial charge in [0.05, 0.1) is 0 Å². The van der Waals surface area contributed by atoms with Crippen LogP contribution in [-0.2, 0) is 22.4 Å². The van der Waals surface area contributed by atoms with Gasteiger partial charge in [-0.1, -0.05) is 0 Å². The van der Waals surface area contributed by atoms with Crippen molar-refractivity contribution in [2.24, 2.45) is 0 Å². The Labute approximate surface area is 212 Å². The molecule has 4 rings (SSSR count). The third kappa shape index (κ3) is 5.64. The minimum atomic E-state index is -0.413. The van der Waals surface area contributed by atoms with Crippen LogP contribution in [-0.4, -0.2) is 5.92 Å². The zero-order valence-corrected chi connectivity index (χ0v) is 24.1. The molecule has 0 fully saturated rings. The second kappa shape index (κ2) is 11.5. The summed E-state index contributed by atoms with van der Waals surface area (Å²) in [5.74, 6) is 0.445. The standard InChI is InChI=1S/C25H25.C2H6Si.2ClH.Zr/c1-4-7-18-12-23-15-22(17(2)3)16-25(24(23)13-18)21-11-10-19-8-5-6-9-20(19)14-21;1-3-2;;;/h5-6,8-17H,4,7H2,1-3H3;1-2H3;2*1H;/q;;;;+2/p-2. The summed E-state index contributed by atoms with van der Waals surface area (Å²) >= 11 is -0.413. The van der Waals surface area contributed by atoms with Crippen molar-refractivity contribution in [2.75, 3.05) is 0 Å². The third-order valence-electron chi connectivity index (χ3n) is 5.94. The zero-order chi connectivity index (χ0) is 20.5. The topological polar surface area (TPSA) is 0 Å². The minimum absolute atomic E-state index is 0. The predicted octanol–water partition coefficient (Wildman–Crippen LogP) is 2.21. The molecule has 0 heterocycles. The van der Waals surface area contributed by atoms with E-state index >= 15 is 0 Å². The van der Waals surface area contributed by atoms with Gasteiger partial charge < -0.3 is 24.8 Å². The van der Waals surface area contributed by atoms with E-state index in [1.807, 2.05) is 0 Å². The molecule has 3 aromatic rings. The quantitative estimate of drug-likeness (QED) is 0.417. The summed E-state index contributed by atoms with van der Waals surface area (Å²) in [6, 6.07) is 20.8. The molecule has 4 heteroatoms. The summed E-state index contributed by atoms with van der Waals surface area (Å²) < 4.78 is 0.801.